The van der Waals surface area contributed by atoms with E-state index >= 15 is 0 Å². The topological polar surface area (TPSA) is 103 Å². The first-order chi connectivity index (χ1) is 8.40. The summed E-state index contributed by atoms with van der Waals surface area (Å²) in [4.78, 5) is 12.1. The van der Waals surface area contributed by atoms with Crippen molar-refractivity contribution in [2.24, 2.45) is 0 Å². The summed E-state index contributed by atoms with van der Waals surface area (Å²) >= 11 is 0. The number of hydrogen-bond donors (Lipinski definition) is 4. The molecule has 1 amide bonds. The van der Waals surface area contributed by atoms with Crippen LogP contribution >= 0.6 is 0 Å². The summed E-state index contributed by atoms with van der Waals surface area (Å²) < 4.78 is 5.33. The molecule has 0 radical (unpaired) electrons. The zero-order valence-corrected chi connectivity index (χ0v) is 10.8. The Morgan fingerprint density at radius 1 is 1.11 bits per heavy atom. The fraction of sp³-hybridized carbons (Fsp3) is 0.583. The normalized spacial score (nSPS) is 11.7. The van der Waals surface area contributed by atoms with Gasteiger partial charge in [0.05, 0.1) is 25.4 Å². The highest BCUT2D eigenvalue weighted by Gasteiger charge is 2.32. The van der Waals surface area contributed by atoms with Gasteiger partial charge in [-0.25, -0.2) is 0 Å². The Balaban J connectivity index is 3.01. The summed E-state index contributed by atoms with van der Waals surface area (Å²) in [5.74, 6) is 0.615. The summed E-state index contributed by atoms with van der Waals surface area (Å²) in [6, 6.07) is 0. The number of aryl methyl sites for hydroxylation is 2. The largest absolute Gasteiger partial charge is 0.466 e. The van der Waals surface area contributed by atoms with Crippen LogP contribution in [0.15, 0.2) is 4.42 Å². The third-order valence-corrected chi connectivity index (χ3v) is 3.08. The predicted octanol–water partition coefficient (Wildman–Crippen LogP) is -0.350. The van der Waals surface area contributed by atoms with Gasteiger partial charge < -0.3 is 25.1 Å². The fourth-order valence-corrected chi connectivity index (χ4v) is 1.70. The Hall–Kier alpha value is -1.37. The SMILES string of the molecule is Cc1oc(C)c(C(=O)NC(CO)(CO)CO)c1C. The monoisotopic (exact) mass is 257 g/mol. The van der Waals surface area contributed by atoms with Crippen LogP contribution in [0, 0.1) is 20.8 Å². The van der Waals surface area contributed by atoms with Crippen molar-refractivity contribution in [2.75, 3.05) is 19.8 Å². The number of carbonyl (C=O) groups excluding carboxylic acids is 1. The molecule has 18 heavy (non-hydrogen) atoms. The summed E-state index contributed by atoms with van der Waals surface area (Å²) in [5.41, 5.74) is -0.360. The van der Waals surface area contributed by atoms with Crippen LogP contribution in [0.1, 0.15) is 27.4 Å². The zero-order chi connectivity index (χ0) is 13.9. The molecule has 0 aliphatic carbocycles. The molecule has 0 aliphatic rings. The zero-order valence-electron chi connectivity index (χ0n) is 10.8. The molecular formula is C12H19NO5. The predicted molar refractivity (Wildman–Crippen MR) is 64.4 cm³/mol. The minimum atomic E-state index is -1.43. The molecular weight excluding hydrogens is 238 g/mol. The van der Waals surface area contributed by atoms with Gasteiger partial charge in [0.2, 0.25) is 0 Å². The van der Waals surface area contributed by atoms with Gasteiger partial charge in [0, 0.05) is 5.56 Å². The van der Waals surface area contributed by atoms with E-state index in [0.29, 0.717) is 22.6 Å². The van der Waals surface area contributed by atoms with Crippen LogP contribution in [0.25, 0.3) is 0 Å². The lowest BCUT2D eigenvalue weighted by atomic mass is 10.0. The second kappa shape index (κ2) is 5.51. The molecule has 6 nitrogen and oxygen atoms in total. The first kappa shape index (κ1) is 14.7. The van der Waals surface area contributed by atoms with E-state index in [4.69, 9.17) is 19.7 Å². The van der Waals surface area contributed by atoms with Crippen molar-refractivity contribution in [1.29, 1.82) is 0 Å². The molecule has 0 aliphatic heterocycles. The van der Waals surface area contributed by atoms with Crippen molar-refractivity contribution in [3.8, 4) is 0 Å². The van der Waals surface area contributed by atoms with Crippen molar-refractivity contribution in [1.82, 2.24) is 5.32 Å². The summed E-state index contributed by atoms with van der Waals surface area (Å²) in [7, 11) is 0. The molecule has 6 heteroatoms. The Labute approximate surface area is 105 Å². The minimum Gasteiger partial charge on any atom is -0.466 e. The second-order valence-electron chi connectivity index (χ2n) is 4.42. The van der Waals surface area contributed by atoms with Crippen LogP contribution in [-0.4, -0.2) is 46.6 Å². The van der Waals surface area contributed by atoms with E-state index in [1.165, 1.54) is 0 Å². The molecule has 0 unspecified atom stereocenters. The highest BCUT2D eigenvalue weighted by Crippen LogP contribution is 2.21. The second-order valence-corrected chi connectivity index (χ2v) is 4.42. The molecule has 4 N–H and O–H groups in total. The Bertz CT molecular complexity index is 426. The number of carbonyl (C=O) groups is 1. The van der Waals surface area contributed by atoms with Crippen LogP contribution in [0.5, 0.6) is 0 Å². The van der Waals surface area contributed by atoms with Crippen molar-refractivity contribution in [2.45, 2.75) is 26.3 Å². The van der Waals surface area contributed by atoms with E-state index in [9.17, 15) is 4.79 Å². The van der Waals surface area contributed by atoms with Crippen LogP contribution < -0.4 is 5.32 Å². The molecule has 0 spiro atoms. The minimum absolute atomic E-state index is 0.368. The molecule has 0 bridgehead atoms. The Morgan fingerprint density at radius 3 is 1.94 bits per heavy atom. The number of hydrogen-bond acceptors (Lipinski definition) is 5. The maximum Gasteiger partial charge on any atom is 0.255 e. The molecule has 0 atom stereocenters. The smallest absolute Gasteiger partial charge is 0.255 e. The lowest BCUT2D eigenvalue weighted by Gasteiger charge is -2.28. The lowest BCUT2D eigenvalue weighted by Crippen LogP contribution is -2.57. The standard InChI is InChI=1S/C12H19NO5/c1-7-8(2)18-9(3)10(7)11(17)13-12(4-14,5-15)6-16/h14-16H,4-6H2,1-3H3,(H,13,17). The van der Waals surface area contributed by atoms with Gasteiger partial charge in [0.25, 0.3) is 5.91 Å². The van der Waals surface area contributed by atoms with Crippen LogP contribution in [0.3, 0.4) is 0 Å². The number of aliphatic hydroxyl groups excluding tert-OH is 3. The molecule has 1 rings (SSSR count). The third kappa shape index (κ3) is 2.55. The number of furan rings is 1. The van der Waals surface area contributed by atoms with Gasteiger partial charge in [-0.2, -0.15) is 0 Å². The number of aliphatic hydroxyl groups is 3. The molecule has 1 aromatic heterocycles. The fourth-order valence-electron chi connectivity index (χ4n) is 1.70. The van der Waals surface area contributed by atoms with Gasteiger partial charge in [-0.1, -0.05) is 0 Å². The maximum atomic E-state index is 12.1. The number of rotatable bonds is 5. The highest BCUT2D eigenvalue weighted by molar-refractivity contribution is 5.97. The summed E-state index contributed by atoms with van der Waals surface area (Å²) in [6.45, 7) is 3.49. The van der Waals surface area contributed by atoms with Crippen LogP contribution in [0.4, 0.5) is 0 Å². The molecule has 0 saturated heterocycles. The molecule has 0 saturated carbocycles. The van der Waals surface area contributed by atoms with Gasteiger partial charge in [0.1, 0.15) is 17.1 Å². The Morgan fingerprint density at radius 2 is 1.61 bits per heavy atom. The molecule has 0 fully saturated rings. The van der Waals surface area contributed by atoms with E-state index in [1.54, 1.807) is 20.8 Å². The van der Waals surface area contributed by atoms with Crippen molar-refractivity contribution >= 4 is 5.91 Å². The van der Waals surface area contributed by atoms with Gasteiger partial charge in [0.15, 0.2) is 0 Å². The van der Waals surface area contributed by atoms with Crippen LogP contribution in [0.2, 0.25) is 0 Å². The van der Waals surface area contributed by atoms with E-state index in [1.807, 2.05) is 0 Å². The molecule has 0 aromatic carbocycles. The number of amides is 1. The average Bonchev–Trinajstić information content (AvgIpc) is 2.60. The first-order valence-electron chi connectivity index (χ1n) is 5.62. The van der Waals surface area contributed by atoms with Gasteiger partial charge in [-0.05, 0) is 20.8 Å². The van der Waals surface area contributed by atoms with E-state index in [2.05, 4.69) is 5.32 Å². The van der Waals surface area contributed by atoms with Gasteiger partial charge in [-0.3, -0.25) is 4.79 Å². The Kier molecular flexibility index (Phi) is 4.50. The maximum absolute atomic E-state index is 12.1. The van der Waals surface area contributed by atoms with Crippen molar-refractivity contribution in [3.63, 3.8) is 0 Å². The average molecular weight is 257 g/mol. The van der Waals surface area contributed by atoms with Gasteiger partial charge >= 0.3 is 0 Å². The summed E-state index contributed by atoms with van der Waals surface area (Å²) in [5, 5.41) is 29.9. The quantitative estimate of drug-likeness (QED) is 0.577. The van der Waals surface area contributed by atoms with Crippen molar-refractivity contribution < 1.29 is 24.5 Å². The summed E-state index contributed by atoms with van der Waals surface area (Å²) in [6.07, 6.45) is 0. The van der Waals surface area contributed by atoms with Crippen LogP contribution in [-0.2, 0) is 0 Å². The molecule has 1 aromatic rings. The van der Waals surface area contributed by atoms with Gasteiger partial charge in [-0.15, -0.1) is 0 Å². The lowest BCUT2D eigenvalue weighted by molar-refractivity contribution is 0.0374. The van der Waals surface area contributed by atoms with Crippen molar-refractivity contribution in [3.05, 3.63) is 22.6 Å². The highest BCUT2D eigenvalue weighted by atomic mass is 16.3. The van der Waals surface area contributed by atoms with E-state index in [-0.39, 0.29) is 0 Å². The third-order valence-electron chi connectivity index (χ3n) is 3.08. The molecule has 1 heterocycles. The molecule has 102 valence electrons. The number of nitrogens with one attached hydrogen (secondary N) is 1. The van der Waals surface area contributed by atoms with E-state index in [0.717, 1.165) is 0 Å². The van der Waals surface area contributed by atoms with E-state index < -0.39 is 31.3 Å². The first-order valence-corrected chi connectivity index (χ1v) is 5.62.